The first-order valence-corrected chi connectivity index (χ1v) is 9.72. The molecule has 4 aromatic rings. The van der Waals surface area contributed by atoms with E-state index in [0.717, 1.165) is 38.9 Å². The summed E-state index contributed by atoms with van der Waals surface area (Å²) < 4.78 is 1.74. The van der Waals surface area contributed by atoms with Crippen LogP contribution in [-0.4, -0.2) is 37.3 Å². The summed E-state index contributed by atoms with van der Waals surface area (Å²) in [7, 11) is 1.87. The molecule has 2 aromatic carbocycles. The Kier molecular flexibility index (Phi) is 4.12. The molecule has 0 saturated heterocycles. The Labute approximate surface area is 178 Å². The Morgan fingerprint density at radius 2 is 2.16 bits per heavy atom. The van der Waals surface area contributed by atoms with E-state index in [1.807, 2.05) is 37.5 Å². The molecular formula is C23H19N7O. The average molecular weight is 409 g/mol. The third-order valence-electron chi connectivity index (χ3n) is 5.59. The van der Waals surface area contributed by atoms with Gasteiger partial charge in [0.25, 0.3) is 5.91 Å². The van der Waals surface area contributed by atoms with Gasteiger partial charge in [-0.2, -0.15) is 15.5 Å². The van der Waals surface area contributed by atoms with Crippen molar-refractivity contribution >= 4 is 22.5 Å². The number of benzene rings is 2. The molecule has 3 heterocycles. The van der Waals surface area contributed by atoms with Crippen molar-refractivity contribution in [1.82, 2.24) is 24.9 Å². The number of aromatic amines is 1. The molecule has 2 aromatic heterocycles. The number of carbonyl (C=O) groups excluding carboxylic acids is 1. The van der Waals surface area contributed by atoms with Gasteiger partial charge in [0.15, 0.2) is 0 Å². The highest BCUT2D eigenvalue weighted by Crippen LogP contribution is 2.38. The van der Waals surface area contributed by atoms with Crippen molar-refractivity contribution in [2.75, 3.05) is 12.3 Å². The molecule has 5 rings (SSSR count). The van der Waals surface area contributed by atoms with Gasteiger partial charge in [-0.05, 0) is 34.9 Å². The molecule has 8 heteroatoms. The third kappa shape index (κ3) is 2.95. The fourth-order valence-electron chi connectivity index (χ4n) is 4.11. The number of nitriles is 1. The van der Waals surface area contributed by atoms with E-state index >= 15 is 0 Å². The Morgan fingerprint density at radius 1 is 1.32 bits per heavy atom. The lowest BCUT2D eigenvalue weighted by Gasteiger charge is -2.14. The number of nitrogen functional groups attached to an aromatic ring is 1. The van der Waals surface area contributed by atoms with Crippen molar-refractivity contribution in [1.29, 1.82) is 5.26 Å². The van der Waals surface area contributed by atoms with Crippen molar-refractivity contribution in [3.8, 4) is 28.5 Å². The van der Waals surface area contributed by atoms with Crippen LogP contribution in [0.4, 0.5) is 5.69 Å². The molecule has 0 unspecified atom stereocenters. The summed E-state index contributed by atoms with van der Waals surface area (Å²) in [5.41, 5.74) is 12.8. The number of hydrogen-bond acceptors (Lipinski definition) is 5. The summed E-state index contributed by atoms with van der Waals surface area (Å²) in [5.74, 6) is -0.175. The van der Waals surface area contributed by atoms with Gasteiger partial charge in [0, 0.05) is 42.0 Å². The average Bonchev–Trinajstić information content (AvgIpc) is 3.45. The number of H-pyrrole nitrogens is 1. The quantitative estimate of drug-likeness (QED) is 0.396. The van der Waals surface area contributed by atoms with E-state index < -0.39 is 0 Å². The summed E-state index contributed by atoms with van der Waals surface area (Å²) in [6.45, 7) is 4.27. The van der Waals surface area contributed by atoms with Gasteiger partial charge in [-0.15, -0.1) is 0 Å². The van der Waals surface area contributed by atoms with Gasteiger partial charge < -0.3 is 10.6 Å². The highest BCUT2D eigenvalue weighted by atomic mass is 16.2. The van der Waals surface area contributed by atoms with Gasteiger partial charge in [-0.25, -0.2) is 0 Å². The Balaban J connectivity index is 1.62. The number of anilines is 1. The Bertz CT molecular complexity index is 1420. The second kappa shape index (κ2) is 6.85. The van der Waals surface area contributed by atoms with Gasteiger partial charge >= 0.3 is 0 Å². The van der Waals surface area contributed by atoms with Crippen LogP contribution in [0.25, 0.3) is 33.3 Å². The zero-order chi connectivity index (χ0) is 21.7. The SMILES string of the molecule is C=C(C#N)CN1Cc2c(-c3ccc4[nH]nc(-c5cnn(C)c5)c4c3)ccc(N)c2C1=O. The van der Waals surface area contributed by atoms with E-state index in [2.05, 4.69) is 27.9 Å². The molecule has 1 aliphatic rings. The lowest BCUT2D eigenvalue weighted by atomic mass is 9.94. The van der Waals surface area contributed by atoms with E-state index in [0.29, 0.717) is 23.4 Å². The predicted octanol–water partition coefficient (Wildman–Crippen LogP) is 3.25. The summed E-state index contributed by atoms with van der Waals surface area (Å²) >= 11 is 0. The lowest BCUT2D eigenvalue weighted by molar-refractivity contribution is 0.0794. The normalized spacial score (nSPS) is 12.9. The largest absolute Gasteiger partial charge is 0.398 e. The molecule has 152 valence electrons. The first kappa shape index (κ1) is 18.6. The second-order valence-electron chi connectivity index (χ2n) is 7.67. The first-order valence-electron chi connectivity index (χ1n) is 9.72. The van der Waals surface area contributed by atoms with Gasteiger partial charge in [0.05, 0.1) is 29.9 Å². The van der Waals surface area contributed by atoms with Crippen molar-refractivity contribution in [3.05, 3.63) is 66.0 Å². The van der Waals surface area contributed by atoms with Crippen LogP contribution < -0.4 is 5.73 Å². The molecule has 0 bridgehead atoms. The maximum absolute atomic E-state index is 12.9. The highest BCUT2D eigenvalue weighted by Gasteiger charge is 2.32. The zero-order valence-electron chi connectivity index (χ0n) is 16.9. The standard InChI is InChI=1S/C23H19N7O/c1-13(8-24)10-30-12-18-16(4-5-19(25)21(18)23(30)31)14-3-6-20-17(7-14)22(28-27-20)15-9-26-29(2)11-15/h3-7,9,11H,1,10,12,25H2,2H3,(H,27,28). The van der Waals surface area contributed by atoms with Crippen LogP contribution in [0.5, 0.6) is 0 Å². The third-order valence-corrected chi connectivity index (χ3v) is 5.59. The molecule has 3 N–H and O–H groups in total. The van der Waals surface area contributed by atoms with Crippen molar-refractivity contribution in [2.24, 2.45) is 7.05 Å². The molecule has 0 radical (unpaired) electrons. The smallest absolute Gasteiger partial charge is 0.256 e. The molecule has 0 fully saturated rings. The molecule has 8 nitrogen and oxygen atoms in total. The molecular weight excluding hydrogens is 390 g/mol. The number of carbonyl (C=O) groups is 1. The van der Waals surface area contributed by atoms with E-state index in [9.17, 15) is 4.79 Å². The number of aromatic nitrogens is 4. The van der Waals surface area contributed by atoms with Crippen molar-refractivity contribution in [2.45, 2.75) is 6.54 Å². The molecule has 1 amide bonds. The van der Waals surface area contributed by atoms with Crippen LogP contribution in [0.1, 0.15) is 15.9 Å². The minimum absolute atomic E-state index is 0.175. The van der Waals surface area contributed by atoms with Gasteiger partial charge in [-0.1, -0.05) is 18.7 Å². The van der Waals surface area contributed by atoms with Crippen molar-refractivity contribution < 1.29 is 4.79 Å². The summed E-state index contributed by atoms with van der Waals surface area (Å²) in [5, 5.41) is 21.8. The van der Waals surface area contributed by atoms with E-state index in [1.54, 1.807) is 21.8 Å². The summed E-state index contributed by atoms with van der Waals surface area (Å²) in [4.78, 5) is 14.5. The van der Waals surface area contributed by atoms with Crippen LogP contribution in [0.15, 0.2) is 54.9 Å². The molecule has 31 heavy (non-hydrogen) atoms. The summed E-state index contributed by atoms with van der Waals surface area (Å²) in [6.07, 6.45) is 3.70. The monoisotopic (exact) mass is 409 g/mol. The van der Waals surface area contributed by atoms with Crippen LogP contribution in [-0.2, 0) is 13.6 Å². The lowest BCUT2D eigenvalue weighted by Crippen LogP contribution is -2.26. The van der Waals surface area contributed by atoms with Crippen LogP contribution in [0.2, 0.25) is 0 Å². The van der Waals surface area contributed by atoms with Crippen LogP contribution in [0, 0.1) is 11.3 Å². The highest BCUT2D eigenvalue weighted by molar-refractivity contribution is 6.06. The Morgan fingerprint density at radius 3 is 2.90 bits per heavy atom. The van der Waals surface area contributed by atoms with Gasteiger partial charge in [0.1, 0.15) is 5.69 Å². The number of nitrogens with two attached hydrogens (primary N) is 1. The topological polar surface area (TPSA) is 117 Å². The van der Waals surface area contributed by atoms with Crippen molar-refractivity contribution in [3.63, 3.8) is 0 Å². The molecule has 0 saturated carbocycles. The zero-order valence-corrected chi connectivity index (χ0v) is 16.9. The number of rotatable bonds is 4. The van der Waals surface area contributed by atoms with E-state index in [1.165, 1.54) is 0 Å². The minimum Gasteiger partial charge on any atom is -0.398 e. The van der Waals surface area contributed by atoms with Gasteiger partial charge in [-0.3, -0.25) is 14.6 Å². The summed E-state index contributed by atoms with van der Waals surface area (Å²) in [6, 6.07) is 11.7. The van der Waals surface area contributed by atoms with E-state index in [-0.39, 0.29) is 12.5 Å². The number of nitrogens with zero attached hydrogens (tertiary/aromatic N) is 5. The maximum Gasteiger partial charge on any atom is 0.256 e. The van der Waals surface area contributed by atoms with Crippen LogP contribution in [0.3, 0.4) is 0 Å². The fourth-order valence-corrected chi connectivity index (χ4v) is 4.11. The Hall–Kier alpha value is -4.38. The number of fused-ring (bicyclic) bond motifs is 2. The minimum atomic E-state index is -0.175. The van der Waals surface area contributed by atoms with Gasteiger partial charge in [0.2, 0.25) is 0 Å². The number of amides is 1. The molecule has 0 atom stereocenters. The predicted molar refractivity (Wildman–Crippen MR) is 118 cm³/mol. The maximum atomic E-state index is 12.9. The van der Waals surface area contributed by atoms with E-state index in [4.69, 9.17) is 11.0 Å². The van der Waals surface area contributed by atoms with Crippen LogP contribution >= 0.6 is 0 Å². The molecule has 0 aliphatic carbocycles. The second-order valence-corrected chi connectivity index (χ2v) is 7.67. The number of hydrogen-bond donors (Lipinski definition) is 2. The molecule has 1 aliphatic heterocycles. The fraction of sp³-hybridized carbons (Fsp3) is 0.130. The molecule has 0 spiro atoms. The number of aryl methyl sites for hydroxylation is 1. The first-order chi connectivity index (χ1) is 15.0. The number of nitrogens with one attached hydrogen (secondary N) is 1.